The summed E-state index contributed by atoms with van der Waals surface area (Å²) >= 11 is 0. The number of nitrogens with one attached hydrogen (secondary N) is 1. The molecule has 140 valence electrons. The van der Waals surface area contributed by atoms with Gasteiger partial charge >= 0.3 is 0 Å². The molecule has 1 atom stereocenters. The molecule has 0 bridgehead atoms. The molecule has 3 aromatic rings. The Bertz CT molecular complexity index is 1070. The highest BCUT2D eigenvalue weighted by Crippen LogP contribution is 2.30. The third-order valence-electron chi connectivity index (χ3n) is 4.81. The first-order valence-corrected chi connectivity index (χ1v) is 10.3. The minimum Gasteiger partial charge on any atom is -0.495 e. The van der Waals surface area contributed by atoms with Gasteiger partial charge in [-0.05, 0) is 30.7 Å². The van der Waals surface area contributed by atoms with Crippen molar-refractivity contribution in [3.63, 3.8) is 0 Å². The first-order valence-electron chi connectivity index (χ1n) is 8.82. The lowest BCUT2D eigenvalue weighted by Gasteiger charge is -2.21. The smallest absolute Gasteiger partial charge is 0.242 e. The lowest BCUT2D eigenvalue weighted by molar-refractivity contribution is 0.415. The summed E-state index contributed by atoms with van der Waals surface area (Å²) in [5, 5.41) is 0.808. The van der Waals surface area contributed by atoms with Gasteiger partial charge in [0.1, 0.15) is 10.6 Å². The molecule has 1 aliphatic heterocycles. The topological polar surface area (TPSA) is 71.5 Å². The van der Waals surface area contributed by atoms with Gasteiger partial charge in [0.25, 0.3) is 0 Å². The van der Waals surface area contributed by atoms with E-state index < -0.39 is 10.0 Å². The van der Waals surface area contributed by atoms with E-state index in [2.05, 4.69) is 14.6 Å². The number of para-hydroxylation sites is 3. The molecule has 2 heterocycles. The number of nitrogens with zero attached hydrogens (tertiary/aromatic N) is 2. The fourth-order valence-electron chi connectivity index (χ4n) is 3.45. The van der Waals surface area contributed by atoms with Gasteiger partial charge < -0.3 is 9.64 Å². The molecule has 0 aliphatic carbocycles. The van der Waals surface area contributed by atoms with E-state index >= 15 is 0 Å². The maximum atomic E-state index is 12.8. The lowest BCUT2D eigenvalue weighted by Crippen LogP contribution is -2.37. The first-order chi connectivity index (χ1) is 13.1. The quantitative estimate of drug-likeness (QED) is 0.734. The van der Waals surface area contributed by atoms with Crippen molar-refractivity contribution < 1.29 is 13.2 Å². The Morgan fingerprint density at radius 1 is 1.15 bits per heavy atom. The molecule has 1 fully saturated rings. The molecule has 0 saturated carbocycles. The second kappa shape index (κ2) is 7.17. The number of ether oxygens (including phenoxy) is 1. The first kappa shape index (κ1) is 17.8. The number of methoxy groups -OCH3 is 1. The largest absolute Gasteiger partial charge is 0.495 e. The van der Waals surface area contributed by atoms with Crippen LogP contribution in [0.2, 0.25) is 0 Å². The van der Waals surface area contributed by atoms with Crippen molar-refractivity contribution >= 4 is 26.6 Å². The second-order valence-corrected chi connectivity index (χ2v) is 8.30. The Balaban J connectivity index is 1.51. The molecule has 0 spiro atoms. The highest BCUT2D eigenvalue weighted by atomic mass is 32.2. The SMILES string of the molecule is COc1ccccc1N1CC[C@@H](NS(=O)(=O)c2cnc3ccccc3c2)C1. The van der Waals surface area contributed by atoms with Gasteiger partial charge in [0.05, 0.1) is 18.3 Å². The summed E-state index contributed by atoms with van der Waals surface area (Å²) in [6.07, 6.45) is 2.15. The Morgan fingerprint density at radius 2 is 1.93 bits per heavy atom. The number of rotatable bonds is 5. The van der Waals surface area contributed by atoms with Gasteiger partial charge in [-0.1, -0.05) is 30.3 Å². The zero-order valence-electron chi connectivity index (χ0n) is 15.0. The standard InChI is InChI=1S/C20H21N3O3S/c1-26-20-9-5-4-8-19(20)23-11-10-16(14-23)22-27(24,25)17-12-15-6-2-3-7-18(15)21-13-17/h2-9,12-13,16,22H,10-11,14H2,1H3/t16-/m1/s1. The summed E-state index contributed by atoms with van der Waals surface area (Å²) in [5.74, 6) is 0.791. The zero-order valence-corrected chi connectivity index (χ0v) is 15.8. The second-order valence-electron chi connectivity index (χ2n) is 6.59. The number of sulfonamides is 1. The number of aromatic nitrogens is 1. The summed E-state index contributed by atoms with van der Waals surface area (Å²) in [4.78, 5) is 6.60. The fraction of sp³-hybridized carbons (Fsp3) is 0.250. The van der Waals surface area contributed by atoms with Gasteiger partial charge in [-0.25, -0.2) is 13.1 Å². The van der Waals surface area contributed by atoms with Gasteiger partial charge in [-0.3, -0.25) is 4.98 Å². The number of hydrogen-bond acceptors (Lipinski definition) is 5. The number of benzene rings is 2. The van der Waals surface area contributed by atoms with Crippen molar-refractivity contribution in [2.24, 2.45) is 0 Å². The van der Waals surface area contributed by atoms with Crippen LogP contribution in [0.25, 0.3) is 10.9 Å². The average Bonchev–Trinajstić information content (AvgIpc) is 3.15. The molecule has 1 saturated heterocycles. The maximum Gasteiger partial charge on any atom is 0.242 e. The summed E-state index contributed by atoms with van der Waals surface area (Å²) in [7, 11) is -1.99. The van der Waals surface area contributed by atoms with Crippen LogP contribution in [0.15, 0.2) is 65.7 Å². The van der Waals surface area contributed by atoms with Crippen LogP contribution in [0, 0.1) is 0 Å². The highest BCUT2D eigenvalue weighted by Gasteiger charge is 2.28. The molecule has 0 amide bonds. The highest BCUT2D eigenvalue weighted by molar-refractivity contribution is 7.89. The molecule has 27 heavy (non-hydrogen) atoms. The molecule has 7 heteroatoms. The normalized spacial score (nSPS) is 17.4. The Kier molecular flexibility index (Phi) is 4.72. The van der Waals surface area contributed by atoms with E-state index in [1.807, 2.05) is 48.5 Å². The van der Waals surface area contributed by atoms with Gasteiger partial charge in [0.2, 0.25) is 10.0 Å². The third-order valence-corrected chi connectivity index (χ3v) is 6.30. The van der Waals surface area contributed by atoms with Crippen LogP contribution in [0.3, 0.4) is 0 Å². The predicted molar refractivity (Wildman–Crippen MR) is 106 cm³/mol. The van der Waals surface area contributed by atoms with Crippen molar-refractivity contribution in [3.05, 3.63) is 60.8 Å². The van der Waals surface area contributed by atoms with Crippen molar-refractivity contribution in [2.75, 3.05) is 25.1 Å². The molecule has 6 nitrogen and oxygen atoms in total. The number of pyridine rings is 1. The zero-order chi connectivity index (χ0) is 18.9. The lowest BCUT2D eigenvalue weighted by atomic mass is 10.2. The summed E-state index contributed by atoms with van der Waals surface area (Å²) in [6, 6.07) is 16.8. The van der Waals surface area contributed by atoms with Gasteiger partial charge in [0.15, 0.2) is 0 Å². The monoisotopic (exact) mass is 383 g/mol. The number of hydrogen-bond donors (Lipinski definition) is 1. The molecule has 0 radical (unpaired) electrons. The molecular formula is C20H21N3O3S. The summed E-state index contributed by atoms with van der Waals surface area (Å²) in [6.45, 7) is 1.37. The van der Waals surface area contributed by atoms with Crippen LogP contribution in [0.5, 0.6) is 5.75 Å². The summed E-state index contributed by atoms with van der Waals surface area (Å²) < 4.78 is 33.8. The van der Waals surface area contributed by atoms with E-state index in [-0.39, 0.29) is 10.9 Å². The molecule has 0 unspecified atom stereocenters. The van der Waals surface area contributed by atoms with Crippen LogP contribution in [-0.4, -0.2) is 39.6 Å². The third kappa shape index (κ3) is 3.61. The Morgan fingerprint density at radius 3 is 2.78 bits per heavy atom. The molecular weight excluding hydrogens is 362 g/mol. The maximum absolute atomic E-state index is 12.8. The average molecular weight is 383 g/mol. The predicted octanol–water partition coefficient (Wildman–Crippen LogP) is 2.80. The molecule has 1 aromatic heterocycles. The van der Waals surface area contributed by atoms with Crippen molar-refractivity contribution in [1.82, 2.24) is 9.71 Å². The molecule has 4 rings (SSSR count). The van der Waals surface area contributed by atoms with Crippen molar-refractivity contribution in [2.45, 2.75) is 17.4 Å². The van der Waals surface area contributed by atoms with E-state index in [0.29, 0.717) is 6.54 Å². The van der Waals surface area contributed by atoms with Crippen LogP contribution in [0.1, 0.15) is 6.42 Å². The van der Waals surface area contributed by atoms with E-state index in [1.54, 1.807) is 13.2 Å². The number of fused-ring (bicyclic) bond motifs is 1. The minimum atomic E-state index is -3.63. The van der Waals surface area contributed by atoms with E-state index in [1.165, 1.54) is 6.20 Å². The van der Waals surface area contributed by atoms with E-state index in [0.717, 1.165) is 35.3 Å². The van der Waals surface area contributed by atoms with Crippen LogP contribution < -0.4 is 14.4 Å². The van der Waals surface area contributed by atoms with Crippen molar-refractivity contribution in [1.29, 1.82) is 0 Å². The van der Waals surface area contributed by atoms with Crippen LogP contribution in [0.4, 0.5) is 5.69 Å². The Hall–Kier alpha value is -2.64. The van der Waals surface area contributed by atoms with Gasteiger partial charge in [-0.2, -0.15) is 0 Å². The summed E-state index contributed by atoms with van der Waals surface area (Å²) in [5.41, 5.74) is 1.76. The molecule has 2 aromatic carbocycles. The molecule has 1 aliphatic rings. The number of anilines is 1. The van der Waals surface area contributed by atoms with E-state index in [4.69, 9.17) is 4.74 Å². The minimum absolute atomic E-state index is 0.161. The van der Waals surface area contributed by atoms with Crippen molar-refractivity contribution in [3.8, 4) is 5.75 Å². The molecule has 1 N–H and O–H groups in total. The van der Waals surface area contributed by atoms with E-state index in [9.17, 15) is 8.42 Å². The van der Waals surface area contributed by atoms with Gasteiger partial charge in [-0.15, -0.1) is 0 Å². The van der Waals surface area contributed by atoms with Gasteiger partial charge in [0, 0.05) is 30.7 Å². The van der Waals surface area contributed by atoms with Crippen LogP contribution >= 0.6 is 0 Å². The Labute approximate surface area is 158 Å². The fourth-order valence-corrected chi connectivity index (χ4v) is 4.69. The van der Waals surface area contributed by atoms with Crippen LogP contribution in [-0.2, 0) is 10.0 Å².